The molecule has 2 aromatic carbocycles. The van der Waals surface area contributed by atoms with Gasteiger partial charge in [-0.25, -0.2) is 4.98 Å². The molecule has 7 heteroatoms. The van der Waals surface area contributed by atoms with Gasteiger partial charge in [0.15, 0.2) is 0 Å². The Bertz CT molecular complexity index is 1260. The second kappa shape index (κ2) is 9.91. The lowest BCUT2D eigenvalue weighted by Crippen LogP contribution is -2.12. The minimum absolute atomic E-state index is 0.172. The molecule has 0 saturated heterocycles. The van der Waals surface area contributed by atoms with Gasteiger partial charge in [-0.05, 0) is 54.3 Å². The van der Waals surface area contributed by atoms with E-state index >= 15 is 0 Å². The number of methoxy groups -OCH3 is 1. The number of nitrogens with zero attached hydrogens (tertiary/aromatic N) is 3. The molecule has 0 aliphatic rings. The molecule has 3 N–H and O–H groups in total. The number of hydrogen-bond donors (Lipinski definition) is 2. The van der Waals surface area contributed by atoms with Gasteiger partial charge in [0.25, 0.3) is 5.91 Å². The van der Waals surface area contributed by atoms with Gasteiger partial charge in [0.1, 0.15) is 5.75 Å². The molecule has 4 aromatic rings. The molecule has 33 heavy (non-hydrogen) atoms. The van der Waals surface area contributed by atoms with Gasteiger partial charge in [-0.15, -0.1) is 0 Å². The van der Waals surface area contributed by atoms with Crippen molar-refractivity contribution in [1.82, 2.24) is 15.0 Å². The lowest BCUT2D eigenvalue weighted by atomic mass is 9.96. The maximum atomic E-state index is 12.4. The van der Waals surface area contributed by atoms with Crippen molar-refractivity contribution in [1.29, 1.82) is 0 Å². The van der Waals surface area contributed by atoms with Gasteiger partial charge >= 0.3 is 0 Å². The third-order valence-electron chi connectivity index (χ3n) is 5.37. The molecule has 0 spiro atoms. The standard InChI is InChI=1S/C26H25N5O2/c1-17(18-5-3-7-21(12-18)31-26(32)20-6-4-10-28-14-20)11-22-15-29-16-24(30-22)19-8-9-23(27)25(13-19)33-2/h3-10,12-17H,11,27H2,1-2H3,(H,31,32)/t17-/m1/s1. The smallest absolute Gasteiger partial charge is 0.257 e. The lowest BCUT2D eigenvalue weighted by molar-refractivity contribution is 0.102. The first-order valence-corrected chi connectivity index (χ1v) is 10.6. The minimum atomic E-state index is -0.189. The number of benzene rings is 2. The number of pyridine rings is 1. The summed E-state index contributed by atoms with van der Waals surface area (Å²) in [5.41, 5.74) is 11.4. The number of nitrogen functional groups attached to an aromatic ring is 1. The molecule has 1 amide bonds. The largest absolute Gasteiger partial charge is 0.495 e. The zero-order valence-electron chi connectivity index (χ0n) is 18.5. The van der Waals surface area contributed by atoms with Gasteiger partial charge in [0.05, 0.1) is 35.9 Å². The van der Waals surface area contributed by atoms with E-state index in [-0.39, 0.29) is 11.8 Å². The fraction of sp³-hybridized carbons (Fsp3) is 0.154. The van der Waals surface area contributed by atoms with Gasteiger partial charge in [-0.3, -0.25) is 14.8 Å². The number of rotatable bonds is 7. The van der Waals surface area contributed by atoms with Crippen LogP contribution in [0.4, 0.5) is 11.4 Å². The quantitative estimate of drug-likeness (QED) is 0.404. The van der Waals surface area contributed by atoms with Crippen LogP contribution in [0.5, 0.6) is 5.75 Å². The Morgan fingerprint density at radius 3 is 2.73 bits per heavy atom. The van der Waals surface area contributed by atoms with E-state index in [1.807, 2.05) is 36.4 Å². The summed E-state index contributed by atoms with van der Waals surface area (Å²) in [5, 5.41) is 2.93. The third-order valence-corrected chi connectivity index (χ3v) is 5.37. The van der Waals surface area contributed by atoms with Crippen LogP contribution >= 0.6 is 0 Å². The monoisotopic (exact) mass is 439 g/mol. The molecule has 166 valence electrons. The summed E-state index contributed by atoms with van der Waals surface area (Å²) in [6.45, 7) is 2.13. The van der Waals surface area contributed by atoms with Gasteiger partial charge in [-0.2, -0.15) is 0 Å². The summed E-state index contributed by atoms with van der Waals surface area (Å²) in [6, 6.07) is 16.9. The van der Waals surface area contributed by atoms with Gasteiger partial charge in [-0.1, -0.05) is 25.1 Å². The maximum absolute atomic E-state index is 12.4. The van der Waals surface area contributed by atoms with E-state index < -0.39 is 0 Å². The summed E-state index contributed by atoms with van der Waals surface area (Å²) in [4.78, 5) is 25.6. The van der Waals surface area contributed by atoms with Gasteiger partial charge < -0.3 is 15.8 Å². The predicted octanol–water partition coefficient (Wildman–Crippen LogP) is 4.73. The second-order valence-corrected chi connectivity index (χ2v) is 7.78. The van der Waals surface area contributed by atoms with E-state index in [9.17, 15) is 4.79 Å². The van der Waals surface area contributed by atoms with Crippen molar-refractivity contribution < 1.29 is 9.53 Å². The number of ether oxygens (including phenoxy) is 1. The molecule has 4 rings (SSSR count). The Morgan fingerprint density at radius 1 is 1.06 bits per heavy atom. The molecule has 2 heterocycles. The Labute approximate surface area is 192 Å². The van der Waals surface area contributed by atoms with Crippen molar-refractivity contribution in [2.75, 3.05) is 18.2 Å². The van der Waals surface area contributed by atoms with Crippen molar-refractivity contribution in [2.24, 2.45) is 0 Å². The summed E-state index contributed by atoms with van der Waals surface area (Å²) >= 11 is 0. The number of aromatic nitrogens is 3. The Hall–Kier alpha value is -4.26. The lowest BCUT2D eigenvalue weighted by Gasteiger charge is -2.14. The van der Waals surface area contributed by atoms with E-state index in [0.717, 1.165) is 28.2 Å². The molecule has 1 atom stereocenters. The fourth-order valence-corrected chi connectivity index (χ4v) is 3.57. The van der Waals surface area contributed by atoms with Crippen LogP contribution in [0.3, 0.4) is 0 Å². The van der Waals surface area contributed by atoms with E-state index in [1.165, 1.54) is 0 Å². The summed E-state index contributed by atoms with van der Waals surface area (Å²) in [7, 11) is 1.59. The van der Waals surface area contributed by atoms with Crippen LogP contribution in [0.1, 0.15) is 34.5 Å². The summed E-state index contributed by atoms with van der Waals surface area (Å²) < 4.78 is 5.32. The number of carbonyl (C=O) groups excluding carboxylic acids is 1. The first kappa shape index (κ1) is 22.0. The van der Waals surface area contributed by atoms with Gasteiger partial charge in [0, 0.05) is 29.8 Å². The molecular weight excluding hydrogens is 414 g/mol. The van der Waals surface area contributed by atoms with Crippen molar-refractivity contribution in [3.8, 4) is 17.0 Å². The zero-order valence-corrected chi connectivity index (χ0v) is 18.5. The van der Waals surface area contributed by atoms with Crippen LogP contribution in [0.15, 0.2) is 79.4 Å². The van der Waals surface area contributed by atoms with Crippen LogP contribution in [-0.4, -0.2) is 28.0 Å². The van der Waals surface area contributed by atoms with Crippen LogP contribution in [0.2, 0.25) is 0 Å². The Morgan fingerprint density at radius 2 is 1.94 bits per heavy atom. The van der Waals surface area contributed by atoms with Crippen molar-refractivity contribution in [3.63, 3.8) is 0 Å². The molecule has 0 aliphatic heterocycles. The highest BCUT2D eigenvalue weighted by atomic mass is 16.5. The predicted molar refractivity (Wildman–Crippen MR) is 129 cm³/mol. The minimum Gasteiger partial charge on any atom is -0.495 e. The number of nitrogens with one attached hydrogen (secondary N) is 1. The first-order chi connectivity index (χ1) is 16.0. The summed E-state index contributed by atoms with van der Waals surface area (Å²) in [5.74, 6) is 0.592. The Balaban J connectivity index is 1.49. The molecule has 2 aromatic heterocycles. The molecule has 0 unspecified atom stereocenters. The van der Waals surface area contributed by atoms with E-state index in [4.69, 9.17) is 15.5 Å². The molecular formula is C26H25N5O2. The highest BCUT2D eigenvalue weighted by Crippen LogP contribution is 2.28. The van der Waals surface area contributed by atoms with E-state index in [2.05, 4.69) is 22.2 Å². The molecule has 7 nitrogen and oxygen atoms in total. The van der Waals surface area contributed by atoms with Crippen molar-refractivity contribution >= 4 is 17.3 Å². The Kier molecular flexibility index (Phi) is 6.59. The molecule has 0 bridgehead atoms. The van der Waals surface area contributed by atoms with Gasteiger partial charge in [0.2, 0.25) is 0 Å². The fourth-order valence-electron chi connectivity index (χ4n) is 3.57. The first-order valence-electron chi connectivity index (χ1n) is 10.6. The normalized spacial score (nSPS) is 11.6. The zero-order chi connectivity index (χ0) is 23.2. The average Bonchev–Trinajstić information content (AvgIpc) is 2.85. The maximum Gasteiger partial charge on any atom is 0.257 e. The number of hydrogen-bond acceptors (Lipinski definition) is 6. The molecule has 0 radical (unpaired) electrons. The molecule has 0 aliphatic carbocycles. The van der Waals surface area contributed by atoms with E-state index in [0.29, 0.717) is 23.4 Å². The number of nitrogens with two attached hydrogens (primary N) is 1. The van der Waals surface area contributed by atoms with Crippen molar-refractivity contribution in [3.05, 3.63) is 96.2 Å². The second-order valence-electron chi connectivity index (χ2n) is 7.78. The highest BCUT2D eigenvalue weighted by Gasteiger charge is 2.12. The van der Waals surface area contributed by atoms with Crippen LogP contribution < -0.4 is 15.8 Å². The molecule has 0 saturated carbocycles. The number of amides is 1. The number of carbonyl (C=O) groups is 1. The highest BCUT2D eigenvalue weighted by molar-refractivity contribution is 6.04. The number of anilines is 2. The topological polar surface area (TPSA) is 103 Å². The SMILES string of the molecule is COc1cc(-c2cncc(C[C@@H](C)c3cccc(NC(=O)c4cccnc4)c3)n2)ccc1N. The third kappa shape index (κ3) is 5.33. The van der Waals surface area contributed by atoms with Crippen molar-refractivity contribution in [2.45, 2.75) is 19.3 Å². The average molecular weight is 440 g/mol. The molecule has 0 fully saturated rings. The van der Waals surface area contributed by atoms with Crippen LogP contribution in [0.25, 0.3) is 11.3 Å². The van der Waals surface area contributed by atoms with Crippen LogP contribution in [0, 0.1) is 0 Å². The van der Waals surface area contributed by atoms with Crippen LogP contribution in [-0.2, 0) is 6.42 Å². The summed E-state index contributed by atoms with van der Waals surface area (Å²) in [6.07, 6.45) is 7.40. The van der Waals surface area contributed by atoms with E-state index in [1.54, 1.807) is 50.1 Å².